The number of nitrogens with one attached hydrogen (secondary N) is 1. The summed E-state index contributed by atoms with van der Waals surface area (Å²) in [7, 11) is 0. The summed E-state index contributed by atoms with van der Waals surface area (Å²) < 4.78 is 11.3. The number of hydrogen-bond acceptors (Lipinski definition) is 6. The van der Waals surface area contributed by atoms with Crippen LogP contribution < -0.4 is 15.0 Å². The molecule has 0 bridgehead atoms. The molecule has 2 aromatic carbocycles. The van der Waals surface area contributed by atoms with Crippen molar-refractivity contribution in [1.29, 1.82) is 0 Å². The number of anilines is 2. The van der Waals surface area contributed by atoms with Crippen LogP contribution >= 0.6 is 23.2 Å². The monoisotopic (exact) mass is 576 g/mol. The Morgan fingerprint density at radius 2 is 1.85 bits per heavy atom. The van der Waals surface area contributed by atoms with Crippen LogP contribution in [-0.2, 0) is 16.0 Å². The van der Waals surface area contributed by atoms with Gasteiger partial charge in [0.2, 0.25) is 5.91 Å². The molecule has 2 aliphatic heterocycles. The zero-order valence-electron chi connectivity index (χ0n) is 22.8. The van der Waals surface area contributed by atoms with Crippen molar-refractivity contribution in [3.63, 3.8) is 0 Å². The normalized spacial score (nSPS) is 17.4. The second kappa shape index (κ2) is 14.1. The van der Waals surface area contributed by atoms with Crippen molar-refractivity contribution in [3.05, 3.63) is 52.0 Å². The van der Waals surface area contributed by atoms with Crippen LogP contribution in [0.2, 0.25) is 10.0 Å². The molecular formula is C29H38Cl2N4O4. The summed E-state index contributed by atoms with van der Waals surface area (Å²) in [6.07, 6.45) is 2.15. The molecule has 1 unspecified atom stereocenters. The second-order valence-corrected chi connectivity index (χ2v) is 10.7. The number of amides is 2. The summed E-state index contributed by atoms with van der Waals surface area (Å²) in [5.74, 6) is 0.213. The van der Waals surface area contributed by atoms with Crippen molar-refractivity contribution in [2.75, 3.05) is 69.2 Å². The summed E-state index contributed by atoms with van der Waals surface area (Å²) in [5.41, 5.74) is 2.79. The number of carbonyl (C=O) groups excluding carboxylic acids is 2. The van der Waals surface area contributed by atoms with Crippen LogP contribution in [0.4, 0.5) is 16.2 Å². The Labute approximate surface area is 241 Å². The third-order valence-electron chi connectivity index (χ3n) is 7.39. The Morgan fingerprint density at radius 3 is 2.59 bits per heavy atom. The maximum atomic E-state index is 12.6. The van der Waals surface area contributed by atoms with E-state index in [2.05, 4.69) is 15.1 Å². The van der Waals surface area contributed by atoms with Gasteiger partial charge in [0.1, 0.15) is 12.4 Å². The van der Waals surface area contributed by atoms with Gasteiger partial charge in [-0.3, -0.25) is 9.69 Å². The SMILES string of the molecule is CCN(CC)C(=O)OCC1Cc2ccc(OCCCCN3CCN(c4cccc(Cl)c4Cl)CC3)cc2NC1=O. The molecule has 39 heavy (non-hydrogen) atoms. The fourth-order valence-electron chi connectivity index (χ4n) is 4.99. The minimum Gasteiger partial charge on any atom is -0.494 e. The van der Waals surface area contributed by atoms with Gasteiger partial charge in [0.05, 0.1) is 28.3 Å². The number of carbonyl (C=O) groups is 2. The number of nitrogens with zero attached hydrogens (tertiary/aromatic N) is 3. The van der Waals surface area contributed by atoms with E-state index in [0.29, 0.717) is 36.2 Å². The van der Waals surface area contributed by atoms with Crippen molar-refractivity contribution in [2.45, 2.75) is 33.1 Å². The van der Waals surface area contributed by atoms with E-state index >= 15 is 0 Å². The van der Waals surface area contributed by atoms with Gasteiger partial charge in [-0.25, -0.2) is 4.79 Å². The maximum Gasteiger partial charge on any atom is 0.409 e. The molecule has 2 aliphatic rings. The van der Waals surface area contributed by atoms with Crippen molar-refractivity contribution in [2.24, 2.45) is 5.92 Å². The summed E-state index contributed by atoms with van der Waals surface area (Å²) >= 11 is 12.6. The standard InChI is InChI=1S/C29H38Cl2N4O4/c1-3-34(4-2)29(37)39-20-22-18-21-10-11-23(19-25(21)32-28(22)36)38-17-6-5-12-33-13-15-35(16-14-33)26-9-7-8-24(30)27(26)31/h7-11,19,22H,3-6,12-18,20H2,1-2H3,(H,32,36). The smallest absolute Gasteiger partial charge is 0.409 e. The Kier molecular flexibility index (Phi) is 10.6. The van der Waals surface area contributed by atoms with E-state index in [1.54, 1.807) is 4.90 Å². The minimum absolute atomic E-state index is 0.0717. The Bertz CT molecular complexity index is 1140. The number of piperazine rings is 1. The first kappa shape index (κ1) is 29.3. The molecule has 2 heterocycles. The molecule has 0 radical (unpaired) electrons. The zero-order valence-corrected chi connectivity index (χ0v) is 24.3. The molecule has 0 spiro atoms. The molecule has 1 saturated heterocycles. The molecular weight excluding hydrogens is 539 g/mol. The first-order valence-electron chi connectivity index (χ1n) is 13.8. The molecule has 8 nitrogen and oxygen atoms in total. The lowest BCUT2D eigenvalue weighted by Gasteiger charge is -2.36. The molecule has 0 saturated carbocycles. The zero-order chi connectivity index (χ0) is 27.8. The third-order valence-corrected chi connectivity index (χ3v) is 8.20. The lowest BCUT2D eigenvalue weighted by atomic mass is 9.94. The molecule has 2 aromatic rings. The fourth-order valence-corrected chi connectivity index (χ4v) is 5.40. The Hall–Kier alpha value is -2.68. The molecule has 1 fully saturated rings. The summed E-state index contributed by atoms with van der Waals surface area (Å²) in [6, 6.07) is 11.6. The molecule has 212 valence electrons. The number of hydrogen-bond donors (Lipinski definition) is 1. The van der Waals surface area contributed by atoms with Crippen LogP contribution in [-0.4, -0.2) is 80.8 Å². The van der Waals surface area contributed by atoms with E-state index in [1.807, 2.05) is 50.2 Å². The van der Waals surface area contributed by atoms with Crippen molar-refractivity contribution in [3.8, 4) is 5.75 Å². The number of fused-ring (bicyclic) bond motifs is 1. The highest BCUT2D eigenvalue weighted by Gasteiger charge is 2.28. The number of rotatable bonds is 11. The number of benzene rings is 2. The van der Waals surface area contributed by atoms with Gasteiger partial charge in [-0.15, -0.1) is 0 Å². The van der Waals surface area contributed by atoms with Crippen LogP contribution in [0.25, 0.3) is 0 Å². The molecule has 0 aliphatic carbocycles. The third kappa shape index (κ3) is 7.71. The van der Waals surface area contributed by atoms with Gasteiger partial charge in [-0.05, 0) is 63.4 Å². The highest BCUT2D eigenvalue weighted by atomic mass is 35.5. The van der Waals surface area contributed by atoms with E-state index in [4.69, 9.17) is 32.7 Å². The Morgan fingerprint density at radius 1 is 1.08 bits per heavy atom. The van der Waals surface area contributed by atoms with Gasteiger partial charge >= 0.3 is 6.09 Å². The van der Waals surface area contributed by atoms with Crippen LogP contribution in [0.3, 0.4) is 0 Å². The van der Waals surface area contributed by atoms with Gasteiger partial charge in [0.25, 0.3) is 0 Å². The van der Waals surface area contributed by atoms with Gasteiger partial charge in [0.15, 0.2) is 0 Å². The topological polar surface area (TPSA) is 74.4 Å². The summed E-state index contributed by atoms with van der Waals surface area (Å²) in [4.78, 5) is 31.1. The molecule has 10 heteroatoms. The quantitative estimate of drug-likeness (QED) is 0.353. The van der Waals surface area contributed by atoms with E-state index in [-0.39, 0.29) is 18.6 Å². The fraction of sp³-hybridized carbons (Fsp3) is 0.517. The lowest BCUT2D eigenvalue weighted by molar-refractivity contribution is -0.121. The van der Waals surface area contributed by atoms with Crippen molar-refractivity contribution >= 4 is 46.6 Å². The molecule has 4 rings (SSSR count). The van der Waals surface area contributed by atoms with E-state index < -0.39 is 5.92 Å². The van der Waals surface area contributed by atoms with Crippen LogP contribution in [0.1, 0.15) is 32.3 Å². The second-order valence-electron chi connectivity index (χ2n) is 9.92. The van der Waals surface area contributed by atoms with Gasteiger partial charge < -0.3 is 24.6 Å². The van der Waals surface area contributed by atoms with Crippen LogP contribution in [0.5, 0.6) is 5.75 Å². The largest absolute Gasteiger partial charge is 0.494 e. The summed E-state index contributed by atoms with van der Waals surface area (Å²) in [5, 5.41) is 4.17. The Balaban J connectivity index is 1.15. The van der Waals surface area contributed by atoms with E-state index in [0.717, 1.165) is 68.3 Å². The van der Waals surface area contributed by atoms with Gasteiger partial charge in [0, 0.05) is 51.0 Å². The van der Waals surface area contributed by atoms with E-state index in [9.17, 15) is 9.59 Å². The van der Waals surface area contributed by atoms with Crippen molar-refractivity contribution < 1.29 is 19.1 Å². The molecule has 0 aromatic heterocycles. The highest BCUT2D eigenvalue weighted by molar-refractivity contribution is 6.43. The summed E-state index contributed by atoms with van der Waals surface area (Å²) in [6.45, 7) is 10.5. The number of unbranched alkanes of at least 4 members (excludes halogenated alkanes) is 1. The average molecular weight is 578 g/mol. The first-order chi connectivity index (χ1) is 18.9. The lowest BCUT2D eigenvalue weighted by Crippen LogP contribution is -2.46. The number of halogens is 2. The molecule has 1 atom stereocenters. The predicted molar refractivity (Wildman–Crippen MR) is 156 cm³/mol. The van der Waals surface area contributed by atoms with Gasteiger partial charge in [-0.1, -0.05) is 35.3 Å². The molecule has 2 amide bonds. The minimum atomic E-state index is -0.395. The predicted octanol–water partition coefficient (Wildman–Crippen LogP) is 5.56. The van der Waals surface area contributed by atoms with Gasteiger partial charge in [-0.2, -0.15) is 0 Å². The maximum absolute atomic E-state index is 12.6. The number of ether oxygens (including phenoxy) is 2. The van der Waals surface area contributed by atoms with E-state index in [1.165, 1.54) is 0 Å². The van der Waals surface area contributed by atoms with Crippen LogP contribution in [0, 0.1) is 5.92 Å². The first-order valence-corrected chi connectivity index (χ1v) is 14.5. The highest BCUT2D eigenvalue weighted by Crippen LogP contribution is 2.33. The average Bonchev–Trinajstić information content (AvgIpc) is 2.94. The molecule has 1 N–H and O–H groups in total. The van der Waals surface area contributed by atoms with Crippen LogP contribution in [0.15, 0.2) is 36.4 Å². The van der Waals surface area contributed by atoms with Crippen molar-refractivity contribution in [1.82, 2.24) is 9.80 Å².